The molecule has 4 rings (SSSR count). The Morgan fingerprint density at radius 1 is 1.14 bits per heavy atom. The maximum atomic E-state index is 12.7. The van der Waals surface area contributed by atoms with Crippen molar-refractivity contribution in [1.82, 2.24) is 19.8 Å². The van der Waals surface area contributed by atoms with Crippen LogP contribution in [0.25, 0.3) is 10.7 Å². The van der Waals surface area contributed by atoms with E-state index in [-0.39, 0.29) is 11.9 Å². The molecule has 1 fully saturated rings. The fraction of sp³-hybridized carbons (Fsp3) is 0.318. The van der Waals surface area contributed by atoms with E-state index in [1.165, 1.54) is 11.3 Å². The summed E-state index contributed by atoms with van der Waals surface area (Å²) in [5, 5.41) is 3.61. The van der Waals surface area contributed by atoms with Gasteiger partial charge < -0.3 is 4.90 Å². The van der Waals surface area contributed by atoms with Crippen LogP contribution in [0.3, 0.4) is 0 Å². The number of aromatic nitrogens is 2. The molecule has 3 aromatic rings. The van der Waals surface area contributed by atoms with Crippen LogP contribution in [0.5, 0.6) is 0 Å². The van der Waals surface area contributed by atoms with E-state index in [2.05, 4.69) is 27.9 Å². The van der Waals surface area contributed by atoms with Crippen molar-refractivity contribution in [2.24, 2.45) is 0 Å². The first-order chi connectivity index (χ1) is 14.1. The SMILES string of the molecule is CC(c1ccccc1Cl)N1CCN(C(=O)Cc2csc(-c3ccccn3)n2)CC1. The summed E-state index contributed by atoms with van der Waals surface area (Å²) in [7, 11) is 0. The Morgan fingerprint density at radius 3 is 2.62 bits per heavy atom. The second kappa shape index (κ2) is 9.03. The molecule has 1 amide bonds. The molecule has 0 spiro atoms. The van der Waals surface area contributed by atoms with Crippen molar-refractivity contribution >= 4 is 28.8 Å². The number of thiazole rings is 1. The van der Waals surface area contributed by atoms with Crippen molar-refractivity contribution in [3.8, 4) is 10.7 Å². The van der Waals surface area contributed by atoms with Gasteiger partial charge in [0, 0.05) is 48.8 Å². The lowest BCUT2D eigenvalue weighted by Gasteiger charge is -2.38. The third-order valence-corrected chi connectivity index (χ3v) is 6.60. The molecule has 150 valence electrons. The molecule has 1 aliphatic rings. The van der Waals surface area contributed by atoms with Gasteiger partial charge in [-0.2, -0.15) is 0 Å². The second-order valence-electron chi connectivity index (χ2n) is 7.15. The summed E-state index contributed by atoms with van der Waals surface area (Å²) in [6, 6.07) is 14.0. The number of carbonyl (C=O) groups excluding carboxylic acids is 1. The fourth-order valence-corrected chi connectivity index (χ4v) is 4.72. The van der Waals surface area contributed by atoms with Crippen molar-refractivity contribution in [2.75, 3.05) is 26.2 Å². The first kappa shape index (κ1) is 20.0. The number of benzene rings is 1. The number of halogens is 1. The summed E-state index contributed by atoms with van der Waals surface area (Å²) in [5.41, 5.74) is 2.80. The van der Waals surface area contributed by atoms with E-state index in [0.29, 0.717) is 6.42 Å². The predicted octanol–water partition coefficient (Wildman–Crippen LogP) is 4.31. The monoisotopic (exact) mass is 426 g/mol. The zero-order chi connectivity index (χ0) is 20.2. The van der Waals surface area contributed by atoms with E-state index < -0.39 is 0 Å². The minimum absolute atomic E-state index is 0.132. The first-order valence-electron chi connectivity index (χ1n) is 9.74. The average Bonchev–Trinajstić information content (AvgIpc) is 3.23. The number of nitrogens with zero attached hydrogens (tertiary/aromatic N) is 4. The van der Waals surface area contributed by atoms with Crippen LogP contribution in [-0.4, -0.2) is 51.9 Å². The largest absolute Gasteiger partial charge is 0.340 e. The summed E-state index contributed by atoms with van der Waals surface area (Å²) in [4.78, 5) is 26.0. The number of rotatable bonds is 5. The lowest BCUT2D eigenvalue weighted by molar-refractivity contribution is -0.132. The van der Waals surface area contributed by atoms with Crippen LogP contribution < -0.4 is 0 Å². The van der Waals surface area contributed by atoms with Gasteiger partial charge in [-0.05, 0) is 30.7 Å². The highest BCUT2D eigenvalue weighted by Gasteiger charge is 2.26. The quantitative estimate of drug-likeness (QED) is 0.610. The van der Waals surface area contributed by atoms with Gasteiger partial charge in [-0.3, -0.25) is 14.7 Å². The van der Waals surface area contributed by atoms with Crippen LogP contribution in [0.4, 0.5) is 0 Å². The molecule has 1 aromatic carbocycles. The number of piperazine rings is 1. The van der Waals surface area contributed by atoms with Gasteiger partial charge in [0.05, 0.1) is 17.8 Å². The molecule has 1 saturated heterocycles. The minimum atomic E-state index is 0.132. The van der Waals surface area contributed by atoms with Gasteiger partial charge in [-0.15, -0.1) is 11.3 Å². The van der Waals surface area contributed by atoms with Crippen LogP contribution in [0.1, 0.15) is 24.2 Å². The van der Waals surface area contributed by atoms with Crippen LogP contribution in [-0.2, 0) is 11.2 Å². The molecule has 1 atom stereocenters. The number of hydrogen-bond acceptors (Lipinski definition) is 5. The van der Waals surface area contributed by atoms with E-state index in [4.69, 9.17) is 11.6 Å². The molecule has 29 heavy (non-hydrogen) atoms. The number of pyridine rings is 1. The van der Waals surface area contributed by atoms with Crippen LogP contribution in [0.15, 0.2) is 54.0 Å². The lowest BCUT2D eigenvalue weighted by atomic mass is 10.1. The van der Waals surface area contributed by atoms with Crippen molar-refractivity contribution in [1.29, 1.82) is 0 Å². The van der Waals surface area contributed by atoms with Crippen LogP contribution in [0.2, 0.25) is 5.02 Å². The molecule has 1 unspecified atom stereocenters. The Hall–Kier alpha value is -2.28. The Morgan fingerprint density at radius 2 is 1.90 bits per heavy atom. The minimum Gasteiger partial charge on any atom is -0.340 e. The molecule has 0 bridgehead atoms. The highest BCUT2D eigenvalue weighted by atomic mass is 35.5. The standard InChI is InChI=1S/C22H23ClN4OS/c1-16(18-6-2-3-7-19(18)23)26-10-12-27(13-11-26)21(28)14-17-15-29-22(25-17)20-8-4-5-9-24-20/h2-9,15-16H,10-14H2,1H3. The molecule has 0 N–H and O–H groups in total. The molecule has 0 aliphatic carbocycles. The maximum absolute atomic E-state index is 12.7. The maximum Gasteiger partial charge on any atom is 0.228 e. The zero-order valence-corrected chi connectivity index (χ0v) is 17.9. The third kappa shape index (κ3) is 4.66. The molecule has 0 radical (unpaired) electrons. The smallest absolute Gasteiger partial charge is 0.228 e. The van der Waals surface area contributed by atoms with Gasteiger partial charge in [0.2, 0.25) is 5.91 Å². The normalized spacial score (nSPS) is 16.0. The molecule has 3 heterocycles. The highest BCUT2D eigenvalue weighted by molar-refractivity contribution is 7.13. The first-order valence-corrected chi connectivity index (χ1v) is 11.0. The van der Waals surface area contributed by atoms with Crippen molar-refractivity contribution in [2.45, 2.75) is 19.4 Å². The van der Waals surface area contributed by atoms with Crippen molar-refractivity contribution in [3.05, 3.63) is 70.3 Å². The average molecular weight is 427 g/mol. The van der Waals surface area contributed by atoms with E-state index >= 15 is 0 Å². The molecule has 2 aromatic heterocycles. The third-order valence-electron chi connectivity index (χ3n) is 5.34. The topological polar surface area (TPSA) is 49.3 Å². The molecule has 5 nitrogen and oxygen atoms in total. The summed E-state index contributed by atoms with van der Waals surface area (Å²) >= 11 is 7.88. The van der Waals surface area contributed by atoms with E-state index in [9.17, 15) is 4.79 Å². The molecule has 7 heteroatoms. The number of amides is 1. The van der Waals surface area contributed by atoms with Crippen molar-refractivity contribution in [3.63, 3.8) is 0 Å². The highest BCUT2D eigenvalue weighted by Crippen LogP contribution is 2.28. The van der Waals surface area contributed by atoms with Gasteiger partial charge in [0.1, 0.15) is 5.01 Å². The van der Waals surface area contributed by atoms with Crippen LogP contribution >= 0.6 is 22.9 Å². The zero-order valence-electron chi connectivity index (χ0n) is 16.3. The predicted molar refractivity (Wildman–Crippen MR) is 117 cm³/mol. The Kier molecular flexibility index (Phi) is 6.23. The Bertz CT molecular complexity index is 970. The molecule has 1 aliphatic heterocycles. The lowest BCUT2D eigenvalue weighted by Crippen LogP contribution is -2.49. The van der Waals surface area contributed by atoms with Gasteiger partial charge in [-0.25, -0.2) is 4.98 Å². The molecular weight excluding hydrogens is 404 g/mol. The summed E-state index contributed by atoms with van der Waals surface area (Å²) in [6.07, 6.45) is 2.09. The number of carbonyl (C=O) groups is 1. The van der Waals surface area contributed by atoms with Gasteiger partial charge in [-0.1, -0.05) is 35.9 Å². The summed E-state index contributed by atoms with van der Waals surface area (Å²) in [5.74, 6) is 0.132. The number of hydrogen-bond donors (Lipinski definition) is 0. The summed E-state index contributed by atoms with van der Waals surface area (Å²) < 4.78 is 0. The van der Waals surface area contributed by atoms with Gasteiger partial charge >= 0.3 is 0 Å². The van der Waals surface area contributed by atoms with Gasteiger partial charge in [0.15, 0.2) is 0 Å². The summed E-state index contributed by atoms with van der Waals surface area (Å²) in [6.45, 7) is 5.31. The fourth-order valence-electron chi connectivity index (χ4n) is 3.63. The van der Waals surface area contributed by atoms with Crippen molar-refractivity contribution < 1.29 is 4.79 Å². The Balaban J connectivity index is 1.33. The van der Waals surface area contributed by atoms with Gasteiger partial charge in [0.25, 0.3) is 0 Å². The molecule has 0 saturated carbocycles. The molecular formula is C22H23ClN4OS. The van der Waals surface area contributed by atoms with Crippen LogP contribution in [0, 0.1) is 0 Å². The Labute approximate surface area is 180 Å². The second-order valence-corrected chi connectivity index (χ2v) is 8.42. The van der Waals surface area contributed by atoms with E-state index in [0.717, 1.165) is 53.2 Å². The van der Waals surface area contributed by atoms with E-state index in [1.54, 1.807) is 6.20 Å². The van der Waals surface area contributed by atoms with E-state index in [1.807, 2.05) is 46.7 Å².